The third kappa shape index (κ3) is 2.82. The van der Waals surface area contributed by atoms with E-state index in [1.165, 1.54) is 17.2 Å². The third-order valence-corrected chi connectivity index (χ3v) is 6.00. The van der Waals surface area contributed by atoms with E-state index in [0.717, 1.165) is 37.8 Å². The minimum absolute atomic E-state index is 0.193. The molecule has 1 amide bonds. The zero-order valence-corrected chi connectivity index (χ0v) is 14.1. The van der Waals surface area contributed by atoms with Gasteiger partial charge in [-0.15, -0.1) is 0 Å². The molecule has 1 N–H and O–H groups in total. The summed E-state index contributed by atoms with van der Waals surface area (Å²) in [6, 6.07) is 14.4. The molecule has 2 aromatic rings. The van der Waals surface area contributed by atoms with Crippen molar-refractivity contribution in [3.8, 4) is 0 Å². The van der Waals surface area contributed by atoms with Gasteiger partial charge in [-0.3, -0.25) is 4.79 Å². The van der Waals surface area contributed by atoms with Crippen molar-refractivity contribution >= 4 is 16.7 Å². The number of rotatable bonds is 2. The zero-order chi connectivity index (χ0) is 16.6. The number of hydrogen-bond donors (Lipinski definition) is 1. The number of benzene rings is 2. The van der Waals surface area contributed by atoms with Gasteiger partial charge >= 0.3 is 0 Å². The number of nitrogens with zero attached hydrogens (tertiary/aromatic N) is 1. The Labute approximate surface area is 143 Å². The van der Waals surface area contributed by atoms with E-state index in [9.17, 15) is 9.90 Å². The number of hydrogen-bond acceptors (Lipinski definition) is 2. The number of aliphatic hydroxyl groups is 1. The van der Waals surface area contributed by atoms with Crippen molar-refractivity contribution in [1.82, 2.24) is 4.90 Å². The van der Waals surface area contributed by atoms with Gasteiger partial charge in [0, 0.05) is 19.0 Å². The highest BCUT2D eigenvalue weighted by atomic mass is 16.3. The second-order valence-corrected chi connectivity index (χ2v) is 7.45. The van der Waals surface area contributed by atoms with Crippen molar-refractivity contribution in [2.75, 3.05) is 13.1 Å². The van der Waals surface area contributed by atoms with Crippen LogP contribution >= 0.6 is 0 Å². The van der Waals surface area contributed by atoms with E-state index in [0.29, 0.717) is 13.0 Å². The van der Waals surface area contributed by atoms with E-state index in [-0.39, 0.29) is 11.8 Å². The van der Waals surface area contributed by atoms with Crippen LogP contribution in [0.25, 0.3) is 10.8 Å². The molecule has 2 aromatic carbocycles. The van der Waals surface area contributed by atoms with Crippen molar-refractivity contribution in [1.29, 1.82) is 0 Å². The molecule has 3 heteroatoms. The first-order valence-corrected chi connectivity index (χ1v) is 9.12. The SMILES string of the molecule is O=C(Cc1cccc2ccccc12)N1CC[C@@]2(O)CCCC[C@@H]2C1. The minimum atomic E-state index is -0.519. The smallest absolute Gasteiger partial charge is 0.227 e. The van der Waals surface area contributed by atoms with Crippen LogP contribution < -0.4 is 0 Å². The van der Waals surface area contributed by atoms with Crippen molar-refractivity contribution < 1.29 is 9.90 Å². The molecule has 24 heavy (non-hydrogen) atoms. The average molecular weight is 323 g/mol. The van der Waals surface area contributed by atoms with Crippen LogP contribution in [0.2, 0.25) is 0 Å². The predicted octanol–water partition coefficient (Wildman–Crippen LogP) is 3.54. The van der Waals surface area contributed by atoms with E-state index >= 15 is 0 Å². The Morgan fingerprint density at radius 1 is 1.12 bits per heavy atom. The van der Waals surface area contributed by atoms with Crippen molar-refractivity contribution in [2.24, 2.45) is 5.92 Å². The molecule has 0 spiro atoms. The van der Waals surface area contributed by atoms with Gasteiger partial charge in [0.25, 0.3) is 0 Å². The van der Waals surface area contributed by atoms with Crippen LogP contribution in [-0.4, -0.2) is 34.6 Å². The Bertz CT molecular complexity index is 751. The summed E-state index contributed by atoms with van der Waals surface area (Å²) >= 11 is 0. The van der Waals surface area contributed by atoms with E-state index in [1.54, 1.807) is 0 Å². The lowest BCUT2D eigenvalue weighted by atomic mass is 9.71. The standard InChI is InChI=1S/C21H25NO2/c23-20(14-17-8-5-7-16-6-1-2-10-19(16)17)22-13-12-21(24)11-4-3-9-18(21)15-22/h1-2,5-8,10,18,24H,3-4,9,11-15H2/t18-,21+/m1/s1. The summed E-state index contributed by atoms with van der Waals surface area (Å²) in [6.07, 6.45) is 5.44. The van der Waals surface area contributed by atoms with Crippen molar-refractivity contribution in [2.45, 2.75) is 44.1 Å². The number of carbonyl (C=O) groups is 1. The fourth-order valence-electron chi connectivity index (χ4n) is 4.52. The lowest BCUT2D eigenvalue weighted by Gasteiger charge is -2.47. The summed E-state index contributed by atoms with van der Waals surface area (Å²) in [4.78, 5) is 14.8. The van der Waals surface area contributed by atoms with Crippen LogP contribution in [0.15, 0.2) is 42.5 Å². The summed E-state index contributed by atoms with van der Waals surface area (Å²) < 4.78 is 0. The molecular formula is C21H25NO2. The van der Waals surface area contributed by atoms with Crippen LogP contribution in [0.5, 0.6) is 0 Å². The van der Waals surface area contributed by atoms with Crippen molar-refractivity contribution in [3.05, 3.63) is 48.0 Å². The topological polar surface area (TPSA) is 40.5 Å². The monoisotopic (exact) mass is 323 g/mol. The largest absolute Gasteiger partial charge is 0.389 e. The Balaban J connectivity index is 1.50. The van der Waals surface area contributed by atoms with Gasteiger partial charge in [-0.1, -0.05) is 55.3 Å². The van der Waals surface area contributed by atoms with Crippen molar-refractivity contribution in [3.63, 3.8) is 0 Å². The van der Waals surface area contributed by atoms with E-state index < -0.39 is 5.60 Å². The zero-order valence-electron chi connectivity index (χ0n) is 14.1. The summed E-state index contributed by atoms with van der Waals surface area (Å²) in [6.45, 7) is 1.41. The number of likely N-dealkylation sites (tertiary alicyclic amines) is 1. The van der Waals surface area contributed by atoms with E-state index in [1.807, 2.05) is 23.1 Å². The molecule has 0 bridgehead atoms. The summed E-state index contributed by atoms with van der Waals surface area (Å²) in [5, 5.41) is 13.1. The average Bonchev–Trinajstić information content (AvgIpc) is 2.61. The molecule has 4 rings (SSSR count). The van der Waals surface area contributed by atoms with Crippen LogP contribution in [0.3, 0.4) is 0 Å². The number of fused-ring (bicyclic) bond motifs is 2. The van der Waals surface area contributed by atoms with Gasteiger partial charge in [0.05, 0.1) is 12.0 Å². The number of carbonyl (C=O) groups excluding carboxylic acids is 1. The second kappa shape index (κ2) is 6.21. The molecule has 1 saturated heterocycles. The quantitative estimate of drug-likeness (QED) is 0.918. The number of amides is 1. The highest BCUT2D eigenvalue weighted by Crippen LogP contribution is 2.39. The number of piperidine rings is 1. The molecule has 1 saturated carbocycles. The lowest BCUT2D eigenvalue weighted by Crippen LogP contribution is -2.54. The highest BCUT2D eigenvalue weighted by Gasteiger charge is 2.43. The van der Waals surface area contributed by atoms with Crippen LogP contribution in [0.1, 0.15) is 37.7 Å². The lowest BCUT2D eigenvalue weighted by molar-refractivity contribution is -0.142. The predicted molar refractivity (Wildman–Crippen MR) is 95.8 cm³/mol. The molecule has 2 fully saturated rings. The molecule has 1 aliphatic heterocycles. The Morgan fingerprint density at radius 3 is 2.88 bits per heavy atom. The summed E-state index contributed by atoms with van der Waals surface area (Å²) in [7, 11) is 0. The fourth-order valence-corrected chi connectivity index (χ4v) is 4.52. The highest BCUT2D eigenvalue weighted by molar-refractivity contribution is 5.90. The van der Waals surface area contributed by atoms with Crippen LogP contribution in [0, 0.1) is 5.92 Å². The van der Waals surface area contributed by atoms with Crippen LogP contribution in [0.4, 0.5) is 0 Å². The van der Waals surface area contributed by atoms with E-state index in [4.69, 9.17) is 0 Å². The Morgan fingerprint density at radius 2 is 1.96 bits per heavy atom. The third-order valence-electron chi connectivity index (χ3n) is 6.00. The maximum absolute atomic E-state index is 12.8. The molecule has 1 aliphatic carbocycles. The molecular weight excluding hydrogens is 298 g/mol. The molecule has 0 unspecified atom stereocenters. The van der Waals surface area contributed by atoms with Gasteiger partial charge < -0.3 is 10.0 Å². The first-order valence-electron chi connectivity index (χ1n) is 9.12. The van der Waals surface area contributed by atoms with Gasteiger partial charge in [-0.25, -0.2) is 0 Å². The van der Waals surface area contributed by atoms with Gasteiger partial charge in [-0.05, 0) is 35.6 Å². The Kier molecular flexibility index (Phi) is 4.05. The van der Waals surface area contributed by atoms with E-state index in [2.05, 4.69) is 24.3 Å². The molecule has 3 nitrogen and oxygen atoms in total. The molecule has 1 heterocycles. The molecule has 126 valence electrons. The van der Waals surface area contributed by atoms with Gasteiger partial charge in [0.1, 0.15) is 0 Å². The normalized spacial score (nSPS) is 27.0. The minimum Gasteiger partial charge on any atom is -0.389 e. The van der Waals surface area contributed by atoms with Gasteiger partial charge in [-0.2, -0.15) is 0 Å². The fraction of sp³-hybridized carbons (Fsp3) is 0.476. The molecule has 2 aliphatic rings. The summed E-state index contributed by atoms with van der Waals surface area (Å²) in [5.74, 6) is 0.454. The second-order valence-electron chi connectivity index (χ2n) is 7.45. The maximum atomic E-state index is 12.8. The van der Waals surface area contributed by atoms with Gasteiger partial charge in [0.2, 0.25) is 5.91 Å². The first kappa shape index (κ1) is 15.6. The summed E-state index contributed by atoms with van der Waals surface area (Å²) in [5.41, 5.74) is 0.580. The molecule has 0 aromatic heterocycles. The maximum Gasteiger partial charge on any atom is 0.227 e. The Hall–Kier alpha value is -1.87. The van der Waals surface area contributed by atoms with Crippen LogP contribution in [-0.2, 0) is 11.2 Å². The molecule has 2 atom stereocenters. The first-order chi connectivity index (χ1) is 11.7. The molecule has 0 radical (unpaired) electrons. The van der Waals surface area contributed by atoms with Gasteiger partial charge in [0.15, 0.2) is 0 Å².